The maximum Gasteiger partial charge on any atom is -0.0141 e. The van der Waals surface area contributed by atoms with Crippen LogP contribution in [0.5, 0.6) is 0 Å². The van der Waals surface area contributed by atoms with E-state index in [2.05, 4.69) is 80.5 Å². The highest BCUT2D eigenvalue weighted by Gasteiger charge is 2.74. The van der Waals surface area contributed by atoms with Gasteiger partial charge in [-0.2, -0.15) is 0 Å². The van der Waals surface area contributed by atoms with E-state index in [4.69, 9.17) is 0 Å². The fourth-order valence-corrected chi connectivity index (χ4v) is 12.6. The molecule has 0 heterocycles. The summed E-state index contributed by atoms with van der Waals surface area (Å²) in [5.41, 5.74) is 4.58. The third-order valence-corrected chi connectivity index (χ3v) is 14.2. The highest BCUT2D eigenvalue weighted by molar-refractivity contribution is 5.25. The molecule has 0 N–H and O–H groups in total. The van der Waals surface area contributed by atoms with Crippen molar-refractivity contribution in [2.45, 2.75) is 180 Å². The van der Waals surface area contributed by atoms with Crippen molar-refractivity contribution >= 4 is 0 Å². The molecule has 0 nitrogen and oxygen atoms in total. The molecule has 8 atom stereocenters. The van der Waals surface area contributed by atoms with Gasteiger partial charge < -0.3 is 0 Å². The minimum atomic E-state index is 0.395. The van der Waals surface area contributed by atoms with Gasteiger partial charge in [0.25, 0.3) is 0 Å². The first-order chi connectivity index (χ1) is 18.5. The molecule has 4 saturated carbocycles. The molecule has 0 aromatic heterocycles. The second-order valence-corrected chi connectivity index (χ2v) is 14.7. The predicted octanol–water partition coefficient (Wildman–Crippen LogP) is 13.4. The Morgan fingerprint density at radius 1 is 0.718 bits per heavy atom. The Morgan fingerprint density at radius 2 is 1.31 bits per heavy atom. The molecule has 4 aliphatic carbocycles. The van der Waals surface area contributed by atoms with Crippen LogP contribution in [0.2, 0.25) is 0 Å². The molecule has 0 aliphatic heterocycles. The third kappa shape index (κ3) is 4.97. The Labute approximate surface area is 247 Å². The van der Waals surface area contributed by atoms with Crippen LogP contribution in [0.15, 0.2) is 23.8 Å². The van der Waals surface area contributed by atoms with Crippen molar-refractivity contribution in [1.29, 1.82) is 0 Å². The molecule has 0 spiro atoms. The lowest BCUT2D eigenvalue weighted by Crippen LogP contribution is -2.70. The van der Waals surface area contributed by atoms with Gasteiger partial charge in [-0.1, -0.05) is 106 Å². The highest BCUT2D eigenvalue weighted by Crippen LogP contribution is 2.82. The van der Waals surface area contributed by atoms with Gasteiger partial charge in [0.1, 0.15) is 0 Å². The van der Waals surface area contributed by atoms with Gasteiger partial charge in [0, 0.05) is 0 Å². The van der Waals surface area contributed by atoms with E-state index in [1.54, 1.807) is 5.57 Å². The molecule has 4 fully saturated rings. The molecule has 4 aliphatic rings. The fourth-order valence-electron chi connectivity index (χ4n) is 12.6. The minimum Gasteiger partial charge on any atom is -0.0911 e. The lowest BCUT2D eigenvalue weighted by molar-refractivity contribution is -0.290. The van der Waals surface area contributed by atoms with Crippen LogP contribution in [0.1, 0.15) is 180 Å². The monoisotopic (exact) mass is 541 g/mol. The first-order valence-corrected chi connectivity index (χ1v) is 17.8. The van der Waals surface area contributed by atoms with Crippen LogP contribution >= 0.6 is 0 Å². The quantitative estimate of drug-likeness (QED) is 0.304. The maximum atomic E-state index is 2.85. The Bertz CT molecular complexity index is 833. The summed E-state index contributed by atoms with van der Waals surface area (Å²) in [5, 5.41) is 0. The first-order valence-electron chi connectivity index (χ1n) is 17.8. The van der Waals surface area contributed by atoms with Gasteiger partial charge in [0.2, 0.25) is 0 Å². The molecule has 0 aromatic carbocycles. The lowest BCUT2D eigenvalue weighted by Gasteiger charge is -2.78. The number of hydrogen-bond acceptors (Lipinski definition) is 0. The highest BCUT2D eigenvalue weighted by atomic mass is 14.8. The zero-order chi connectivity index (χ0) is 29.8. The van der Waals surface area contributed by atoms with Crippen molar-refractivity contribution in [3.8, 4) is 0 Å². The van der Waals surface area contributed by atoms with E-state index in [9.17, 15) is 0 Å². The smallest absolute Gasteiger partial charge is 0.0141 e. The molecule has 4 rings (SSSR count). The van der Waals surface area contributed by atoms with Crippen LogP contribution in [0.25, 0.3) is 0 Å². The van der Waals surface area contributed by atoms with Gasteiger partial charge in [0.05, 0.1) is 0 Å². The Balaban J connectivity index is 0.00000127. The maximum absolute atomic E-state index is 2.85. The molecule has 0 heteroatoms. The van der Waals surface area contributed by atoms with Gasteiger partial charge in [-0.15, -0.1) is 0 Å². The number of hydrogen-bond donors (Lipinski definition) is 0. The topological polar surface area (TPSA) is 0 Å². The zero-order valence-electron chi connectivity index (χ0n) is 29.3. The summed E-state index contributed by atoms with van der Waals surface area (Å²) in [6.07, 6.45) is 27.6. The lowest BCUT2D eigenvalue weighted by atomic mass is 9.26. The average molecular weight is 541 g/mol. The van der Waals surface area contributed by atoms with Gasteiger partial charge in [-0.25, -0.2) is 0 Å². The van der Waals surface area contributed by atoms with Gasteiger partial charge in [-0.3, -0.25) is 0 Å². The standard InChI is InChI=1S/C35H60.2C2H6/c1-10-19-30(7)20-24-35(14-5)33(12-3,26-30)23-22-32(9)29-18-16-15-17-28(27(6)11-2)31(29,8)21-25-34(32,35)13-4;2*1-2/h10-11,19,28-29H,12-18,20-26H2,1-9H3;2*1-2H3/b19-10+,27-11+;;/t28-,29?,30+,31+,32-,33?,34-,35-;;/m0../s1. The molecular weight excluding hydrogens is 468 g/mol. The summed E-state index contributed by atoms with van der Waals surface area (Å²) in [7, 11) is 0. The number of allylic oxidation sites excluding steroid dienone is 4. The molecule has 0 bridgehead atoms. The number of rotatable bonds is 5. The largest absolute Gasteiger partial charge is 0.0911 e. The van der Waals surface area contributed by atoms with E-state index in [0.717, 1.165) is 11.8 Å². The van der Waals surface area contributed by atoms with E-state index in [1.807, 2.05) is 27.7 Å². The minimum absolute atomic E-state index is 0.395. The van der Waals surface area contributed by atoms with Gasteiger partial charge in [0.15, 0.2) is 0 Å². The van der Waals surface area contributed by atoms with Crippen LogP contribution < -0.4 is 0 Å². The van der Waals surface area contributed by atoms with Crippen molar-refractivity contribution in [2.24, 2.45) is 44.3 Å². The summed E-state index contributed by atoms with van der Waals surface area (Å²) < 4.78 is 0. The summed E-state index contributed by atoms with van der Waals surface area (Å²) in [6, 6.07) is 0. The Hall–Kier alpha value is -0.520. The van der Waals surface area contributed by atoms with Gasteiger partial charge >= 0.3 is 0 Å². The van der Waals surface area contributed by atoms with Gasteiger partial charge in [-0.05, 0) is 142 Å². The molecule has 228 valence electrons. The molecule has 0 saturated heterocycles. The van der Waals surface area contributed by atoms with Crippen molar-refractivity contribution < 1.29 is 0 Å². The summed E-state index contributed by atoms with van der Waals surface area (Å²) >= 11 is 0. The van der Waals surface area contributed by atoms with Crippen LogP contribution in [0.3, 0.4) is 0 Å². The Morgan fingerprint density at radius 3 is 1.85 bits per heavy atom. The van der Waals surface area contributed by atoms with E-state index in [-0.39, 0.29) is 0 Å². The van der Waals surface area contributed by atoms with E-state index in [0.29, 0.717) is 32.5 Å². The van der Waals surface area contributed by atoms with Crippen LogP contribution in [0.4, 0.5) is 0 Å². The van der Waals surface area contributed by atoms with E-state index in [1.165, 1.54) is 89.9 Å². The average Bonchev–Trinajstić information content (AvgIpc) is 3.14. The van der Waals surface area contributed by atoms with Crippen LogP contribution in [-0.4, -0.2) is 0 Å². The van der Waals surface area contributed by atoms with Crippen molar-refractivity contribution in [2.75, 3.05) is 0 Å². The second-order valence-electron chi connectivity index (χ2n) is 14.7. The summed E-state index contributed by atoms with van der Waals surface area (Å²) in [4.78, 5) is 0. The molecule has 0 radical (unpaired) electrons. The molecule has 2 unspecified atom stereocenters. The number of fused-ring (bicyclic) bond motifs is 5. The van der Waals surface area contributed by atoms with Crippen molar-refractivity contribution in [3.63, 3.8) is 0 Å². The third-order valence-electron chi connectivity index (χ3n) is 14.2. The Kier molecular flexibility index (Phi) is 11.7. The SMILES string of the molecule is C/C=C/[C@]1(C)CC[C@@]2(CC)C(CC)(CC[C@@]3(C)C4CCCC[C@@H](/C(C)=C/C)[C@@]4(C)CC[C@]23CC)C1.CC.CC. The van der Waals surface area contributed by atoms with E-state index < -0.39 is 0 Å². The summed E-state index contributed by atoms with van der Waals surface area (Å²) in [6.45, 7) is 31.0. The normalized spacial score (nSPS) is 45.9. The molecule has 0 aromatic rings. The van der Waals surface area contributed by atoms with Crippen molar-refractivity contribution in [3.05, 3.63) is 23.8 Å². The second kappa shape index (κ2) is 13.2. The van der Waals surface area contributed by atoms with Crippen LogP contribution in [0, 0.1) is 44.3 Å². The predicted molar refractivity (Wildman–Crippen MR) is 177 cm³/mol. The molecule has 39 heavy (non-hydrogen) atoms. The fraction of sp³-hybridized carbons (Fsp3) is 0.897. The van der Waals surface area contributed by atoms with Crippen LogP contribution in [-0.2, 0) is 0 Å². The van der Waals surface area contributed by atoms with Crippen molar-refractivity contribution in [1.82, 2.24) is 0 Å². The van der Waals surface area contributed by atoms with E-state index >= 15 is 0 Å². The zero-order valence-corrected chi connectivity index (χ0v) is 29.3. The molecule has 0 amide bonds. The first kappa shape index (κ1) is 34.7. The molecular formula is C39H72. The summed E-state index contributed by atoms with van der Waals surface area (Å²) in [5.74, 6) is 1.68.